The zero-order valence-electron chi connectivity index (χ0n) is 13.1. The van der Waals surface area contributed by atoms with E-state index in [-0.39, 0.29) is 11.8 Å². The number of carbonyl (C=O) groups excluding carboxylic acids is 1. The van der Waals surface area contributed by atoms with Crippen molar-refractivity contribution in [3.05, 3.63) is 34.7 Å². The molecule has 0 saturated heterocycles. The summed E-state index contributed by atoms with van der Waals surface area (Å²) in [4.78, 5) is 19.3. The van der Waals surface area contributed by atoms with Gasteiger partial charge in [0.25, 0.3) is 0 Å². The third-order valence-corrected chi connectivity index (χ3v) is 6.36. The number of carbonyl (C=O) groups is 1. The molecule has 4 aliphatic rings. The van der Waals surface area contributed by atoms with Gasteiger partial charge in [0.1, 0.15) is 0 Å². The molecule has 1 N–H and O–H groups in total. The SMILES string of the molecule is C[C@H]1C(=O)Nc2ccc(C3=CSC4=N[C@@H]5CCCC[C@@H]5N34)cc21. The molecular weight excluding hydrogens is 306 g/mol. The van der Waals surface area contributed by atoms with E-state index in [9.17, 15) is 4.79 Å². The summed E-state index contributed by atoms with van der Waals surface area (Å²) >= 11 is 1.75. The third-order valence-electron chi connectivity index (χ3n) is 5.51. The molecule has 3 aliphatic heterocycles. The first-order valence-corrected chi connectivity index (χ1v) is 9.29. The van der Waals surface area contributed by atoms with Crippen molar-refractivity contribution in [3.63, 3.8) is 0 Å². The number of nitrogens with zero attached hydrogens (tertiary/aromatic N) is 2. The molecule has 0 radical (unpaired) electrons. The fourth-order valence-electron chi connectivity index (χ4n) is 4.21. The van der Waals surface area contributed by atoms with Crippen molar-refractivity contribution >= 4 is 34.2 Å². The average molecular weight is 325 g/mol. The second kappa shape index (κ2) is 4.87. The Morgan fingerprint density at radius 3 is 3.09 bits per heavy atom. The summed E-state index contributed by atoms with van der Waals surface area (Å²) in [6, 6.07) is 7.37. The molecule has 1 aromatic carbocycles. The number of amides is 1. The van der Waals surface area contributed by atoms with E-state index in [1.807, 2.05) is 13.0 Å². The number of aliphatic imine (C=N–C) groups is 1. The molecule has 5 rings (SSSR count). The molecule has 0 spiro atoms. The first kappa shape index (κ1) is 13.7. The maximum Gasteiger partial charge on any atom is 0.231 e. The van der Waals surface area contributed by atoms with Crippen molar-refractivity contribution in [2.24, 2.45) is 4.99 Å². The van der Waals surface area contributed by atoms with Crippen molar-refractivity contribution < 1.29 is 4.79 Å². The van der Waals surface area contributed by atoms with Gasteiger partial charge in [-0.15, -0.1) is 0 Å². The molecule has 1 amide bonds. The van der Waals surface area contributed by atoms with Gasteiger partial charge in [0, 0.05) is 11.1 Å². The molecule has 1 aliphatic carbocycles. The van der Waals surface area contributed by atoms with Gasteiger partial charge in [0.05, 0.1) is 23.7 Å². The Hall–Kier alpha value is -1.75. The second-order valence-electron chi connectivity index (χ2n) is 6.83. The zero-order valence-corrected chi connectivity index (χ0v) is 13.9. The molecule has 1 aromatic rings. The predicted octanol–water partition coefficient (Wildman–Crippen LogP) is 3.77. The van der Waals surface area contributed by atoms with Crippen molar-refractivity contribution in [1.29, 1.82) is 0 Å². The van der Waals surface area contributed by atoms with Crippen molar-refractivity contribution in [1.82, 2.24) is 4.90 Å². The van der Waals surface area contributed by atoms with E-state index >= 15 is 0 Å². The van der Waals surface area contributed by atoms with Crippen LogP contribution in [0.2, 0.25) is 0 Å². The fourth-order valence-corrected chi connectivity index (χ4v) is 5.22. The molecule has 0 aromatic heterocycles. The first-order chi connectivity index (χ1) is 11.2. The lowest BCUT2D eigenvalue weighted by Crippen LogP contribution is -2.38. The molecule has 1 saturated carbocycles. The lowest BCUT2D eigenvalue weighted by atomic mass is 9.90. The number of nitrogens with one attached hydrogen (secondary N) is 1. The van der Waals surface area contributed by atoms with E-state index < -0.39 is 0 Å². The van der Waals surface area contributed by atoms with Gasteiger partial charge >= 0.3 is 0 Å². The van der Waals surface area contributed by atoms with Crippen LogP contribution in [-0.2, 0) is 4.79 Å². The second-order valence-corrected chi connectivity index (χ2v) is 7.67. The smallest absolute Gasteiger partial charge is 0.231 e. The highest BCUT2D eigenvalue weighted by Crippen LogP contribution is 2.45. The van der Waals surface area contributed by atoms with Crippen LogP contribution in [0.25, 0.3) is 5.70 Å². The minimum atomic E-state index is -0.0613. The van der Waals surface area contributed by atoms with Crippen LogP contribution in [0.3, 0.4) is 0 Å². The van der Waals surface area contributed by atoms with E-state index in [2.05, 4.69) is 27.8 Å². The number of thioether (sulfide) groups is 1. The maximum atomic E-state index is 11.9. The van der Waals surface area contributed by atoms with Gasteiger partial charge in [-0.25, -0.2) is 0 Å². The van der Waals surface area contributed by atoms with E-state index in [1.165, 1.54) is 42.1 Å². The average Bonchev–Trinajstić information content (AvgIpc) is 3.20. The standard InChI is InChI=1S/C18H19N3OS/c1-10-12-8-11(6-7-13(12)19-17(10)22)16-9-23-18-20-14-4-2-3-5-15(14)21(16)18/h6-10,14-15H,2-5H2,1H3,(H,19,22)/t10-,14-,15+/m1/s1. The van der Waals surface area contributed by atoms with Crippen LogP contribution in [0.1, 0.15) is 49.7 Å². The van der Waals surface area contributed by atoms with Gasteiger partial charge in [-0.05, 0) is 43.0 Å². The topological polar surface area (TPSA) is 44.7 Å². The molecule has 118 valence electrons. The normalized spacial score (nSPS) is 31.3. The Labute approximate surface area is 140 Å². The van der Waals surface area contributed by atoms with Crippen molar-refractivity contribution in [2.45, 2.75) is 50.6 Å². The molecule has 3 heterocycles. The summed E-state index contributed by atoms with van der Waals surface area (Å²) in [5.74, 6) is 0.0384. The van der Waals surface area contributed by atoms with Gasteiger partial charge in [0.15, 0.2) is 5.17 Å². The monoisotopic (exact) mass is 325 g/mol. The highest BCUT2D eigenvalue weighted by atomic mass is 32.2. The molecule has 0 unspecified atom stereocenters. The molecule has 4 nitrogen and oxygen atoms in total. The minimum absolute atomic E-state index is 0.0613. The molecule has 5 heteroatoms. The number of amidine groups is 1. The summed E-state index contributed by atoms with van der Waals surface area (Å²) in [5, 5.41) is 6.34. The molecule has 23 heavy (non-hydrogen) atoms. The van der Waals surface area contributed by atoms with Gasteiger partial charge in [-0.2, -0.15) is 0 Å². The maximum absolute atomic E-state index is 11.9. The molecule has 0 bridgehead atoms. The Morgan fingerprint density at radius 1 is 1.30 bits per heavy atom. The van der Waals surface area contributed by atoms with Crippen LogP contribution in [0.15, 0.2) is 28.6 Å². The van der Waals surface area contributed by atoms with Crippen molar-refractivity contribution in [3.8, 4) is 0 Å². The zero-order chi connectivity index (χ0) is 15.6. The highest BCUT2D eigenvalue weighted by Gasteiger charge is 2.42. The summed E-state index contributed by atoms with van der Waals surface area (Å²) in [6.45, 7) is 1.97. The fraction of sp³-hybridized carbons (Fsp3) is 0.444. The predicted molar refractivity (Wildman–Crippen MR) is 94.4 cm³/mol. The number of fused-ring (bicyclic) bond motifs is 4. The van der Waals surface area contributed by atoms with E-state index in [0.29, 0.717) is 12.1 Å². The van der Waals surface area contributed by atoms with E-state index in [0.717, 1.165) is 11.3 Å². The van der Waals surface area contributed by atoms with Gasteiger partial charge in [-0.1, -0.05) is 30.7 Å². The summed E-state index contributed by atoms with van der Waals surface area (Å²) in [6.07, 6.45) is 5.06. The van der Waals surface area contributed by atoms with Crippen molar-refractivity contribution in [2.75, 3.05) is 5.32 Å². The highest BCUT2D eigenvalue weighted by molar-refractivity contribution is 8.16. The van der Waals surface area contributed by atoms with Crippen LogP contribution < -0.4 is 5.32 Å². The van der Waals surface area contributed by atoms with Crippen LogP contribution in [0, 0.1) is 0 Å². The van der Waals surface area contributed by atoms with E-state index in [4.69, 9.17) is 4.99 Å². The number of hydrogen-bond donors (Lipinski definition) is 1. The Morgan fingerprint density at radius 2 is 2.17 bits per heavy atom. The minimum Gasteiger partial charge on any atom is -0.325 e. The summed E-state index contributed by atoms with van der Waals surface area (Å²) in [7, 11) is 0. The third kappa shape index (κ3) is 1.92. The van der Waals surface area contributed by atoms with E-state index in [1.54, 1.807) is 11.8 Å². The lowest BCUT2D eigenvalue weighted by Gasteiger charge is -2.32. The molecule has 3 atom stereocenters. The van der Waals surface area contributed by atoms with Gasteiger partial charge in [0.2, 0.25) is 5.91 Å². The number of anilines is 1. The van der Waals surface area contributed by atoms with Crippen LogP contribution >= 0.6 is 11.8 Å². The first-order valence-electron chi connectivity index (χ1n) is 8.41. The largest absolute Gasteiger partial charge is 0.325 e. The summed E-state index contributed by atoms with van der Waals surface area (Å²) < 4.78 is 0. The van der Waals surface area contributed by atoms with Crippen LogP contribution in [-0.4, -0.2) is 28.1 Å². The summed E-state index contributed by atoms with van der Waals surface area (Å²) in [5.41, 5.74) is 4.54. The number of rotatable bonds is 1. The van der Waals surface area contributed by atoms with Gasteiger partial charge in [-0.3, -0.25) is 9.79 Å². The van der Waals surface area contributed by atoms with Crippen LogP contribution in [0.4, 0.5) is 5.69 Å². The Kier molecular flexibility index (Phi) is 2.89. The Balaban J connectivity index is 1.51. The molecule has 1 fully saturated rings. The molecular formula is C18H19N3OS. The lowest BCUT2D eigenvalue weighted by molar-refractivity contribution is -0.116. The number of hydrogen-bond acceptors (Lipinski definition) is 4. The quantitative estimate of drug-likeness (QED) is 0.855. The van der Waals surface area contributed by atoms with Crippen LogP contribution in [0.5, 0.6) is 0 Å². The van der Waals surface area contributed by atoms with Gasteiger partial charge < -0.3 is 10.2 Å². The number of benzene rings is 1. The Bertz CT molecular complexity index is 770.